The van der Waals surface area contributed by atoms with Crippen molar-refractivity contribution in [3.8, 4) is 11.3 Å². The van der Waals surface area contributed by atoms with Gasteiger partial charge in [-0.05, 0) is 23.8 Å². The summed E-state index contributed by atoms with van der Waals surface area (Å²) >= 11 is 0. The molecule has 0 radical (unpaired) electrons. The van der Waals surface area contributed by atoms with E-state index in [-0.39, 0.29) is 11.8 Å². The normalized spacial score (nSPS) is 12.1. The molecule has 0 aliphatic heterocycles. The number of carbonyl (C=O) groups is 1. The van der Waals surface area contributed by atoms with Gasteiger partial charge in [-0.1, -0.05) is 19.1 Å². The van der Waals surface area contributed by atoms with Crippen LogP contribution in [-0.4, -0.2) is 22.6 Å². The summed E-state index contributed by atoms with van der Waals surface area (Å²) in [4.78, 5) is 11.6. The zero-order valence-electron chi connectivity index (χ0n) is 10.2. The number of carbonyl (C=O) groups excluding carboxylic acids is 1. The minimum atomic E-state index is -0.183. The molecule has 1 atom stereocenters. The van der Waals surface area contributed by atoms with Gasteiger partial charge in [0.1, 0.15) is 0 Å². The van der Waals surface area contributed by atoms with Gasteiger partial charge < -0.3 is 11.1 Å². The van der Waals surface area contributed by atoms with Crippen molar-refractivity contribution in [1.82, 2.24) is 10.2 Å². The molecule has 0 bridgehead atoms. The third-order valence-corrected chi connectivity index (χ3v) is 2.77. The number of aromatic amines is 1. The molecule has 0 fully saturated rings. The van der Waals surface area contributed by atoms with Crippen LogP contribution in [0.2, 0.25) is 0 Å². The highest BCUT2D eigenvalue weighted by Gasteiger charge is 2.10. The molecule has 0 spiro atoms. The van der Waals surface area contributed by atoms with Crippen LogP contribution >= 0.6 is 0 Å². The fraction of sp³-hybridized carbons (Fsp3) is 0.231. The van der Waals surface area contributed by atoms with Crippen molar-refractivity contribution in [2.45, 2.75) is 6.92 Å². The van der Waals surface area contributed by atoms with Crippen LogP contribution < -0.4 is 11.1 Å². The highest BCUT2D eigenvalue weighted by atomic mass is 16.1. The minimum absolute atomic E-state index is 0.0632. The van der Waals surface area contributed by atoms with E-state index in [0.717, 1.165) is 16.9 Å². The van der Waals surface area contributed by atoms with E-state index < -0.39 is 0 Å². The number of nitrogens with two attached hydrogens (primary N) is 1. The van der Waals surface area contributed by atoms with Crippen molar-refractivity contribution in [2.75, 3.05) is 11.9 Å². The van der Waals surface area contributed by atoms with Gasteiger partial charge in [-0.3, -0.25) is 9.89 Å². The van der Waals surface area contributed by atoms with Crippen molar-refractivity contribution in [2.24, 2.45) is 11.7 Å². The second-order valence-electron chi connectivity index (χ2n) is 4.17. The summed E-state index contributed by atoms with van der Waals surface area (Å²) in [6, 6.07) is 9.46. The van der Waals surface area contributed by atoms with Crippen molar-refractivity contribution in [3.63, 3.8) is 0 Å². The van der Waals surface area contributed by atoms with Gasteiger partial charge in [0.05, 0.1) is 5.69 Å². The van der Waals surface area contributed by atoms with Gasteiger partial charge in [-0.2, -0.15) is 5.10 Å². The standard InChI is InChI=1S/C13H16N4O/c1-9(8-14)13(18)16-11-4-2-10(3-5-11)12-6-7-15-17-12/h2-7,9H,8,14H2,1H3,(H,15,17)(H,16,18). The van der Waals surface area contributed by atoms with Gasteiger partial charge in [0, 0.05) is 24.3 Å². The predicted octanol–water partition coefficient (Wildman–Crippen LogP) is 1.61. The van der Waals surface area contributed by atoms with Crippen LogP contribution in [0.15, 0.2) is 36.5 Å². The molecule has 94 valence electrons. The van der Waals surface area contributed by atoms with Gasteiger partial charge >= 0.3 is 0 Å². The summed E-state index contributed by atoms with van der Waals surface area (Å²) in [7, 11) is 0. The molecule has 18 heavy (non-hydrogen) atoms. The van der Waals surface area contributed by atoms with Crippen molar-refractivity contribution in [3.05, 3.63) is 36.5 Å². The third kappa shape index (κ3) is 2.75. The molecule has 0 aliphatic rings. The molecular weight excluding hydrogens is 228 g/mol. The van der Waals surface area contributed by atoms with Crippen LogP contribution in [0.5, 0.6) is 0 Å². The second-order valence-corrected chi connectivity index (χ2v) is 4.17. The molecule has 1 amide bonds. The summed E-state index contributed by atoms with van der Waals surface area (Å²) in [5, 5.41) is 9.60. The maximum absolute atomic E-state index is 11.6. The van der Waals surface area contributed by atoms with Gasteiger partial charge in [0.2, 0.25) is 5.91 Å². The number of benzene rings is 1. The Morgan fingerprint density at radius 3 is 2.67 bits per heavy atom. The Hall–Kier alpha value is -2.14. The zero-order chi connectivity index (χ0) is 13.0. The number of aromatic nitrogens is 2. The van der Waals surface area contributed by atoms with Crippen molar-refractivity contribution in [1.29, 1.82) is 0 Å². The first kappa shape index (κ1) is 12.3. The smallest absolute Gasteiger partial charge is 0.228 e. The number of nitrogens with zero attached hydrogens (tertiary/aromatic N) is 1. The molecule has 1 aromatic heterocycles. The first-order valence-electron chi connectivity index (χ1n) is 5.81. The van der Waals surface area contributed by atoms with Crippen molar-refractivity contribution < 1.29 is 4.79 Å². The van der Waals surface area contributed by atoms with Crippen LogP contribution in [0.4, 0.5) is 5.69 Å². The van der Waals surface area contributed by atoms with Gasteiger partial charge in [0.15, 0.2) is 0 Å². The third-order valence-electron chi connectivity index (χ3n) is 2.77. The summed E-state index contributed by atoms with van der Waals surface area (Å²) in [6.07, 6.45) is 1.70. The monoisotopic (exact) mass is 244 g/mol. The molecular formula is C13H16N4O. The van der Waals surface area contributed by atoms with E-state index in [2.05, 4.69) is 15.5 Å². The number of hydrogen-bond donors (Lipinski definition) is 3. The molecule has 1 heterocycles. The highest BCUT2D eigenvalue weighted by Crippen LogP contribution is 2.19. The number of H-pyrrole nitrogens is 1. The van der Waals surface area contributed by atoms with E-state index in [0.29, 0.717) is 6.54 Å². The molecule has 5 nitrogen and oxygen atoms in total. The molecule has 5 heteroatoms. The average molecular weight is 244 g/mol. The minimum Gasteiger partial charge on any atom is -0.330 e. The van der Waals surface area contributed by atoms with Crippen LogP contribution in [0, 0.1) is 5.92 Å². The quantitative estimate of drug-likeness (QED) is 0.764. The van der Waals surface area contributed by atoms with Gasteiger partial charge in [0.25, 0.3) is 0 Å². The zero-order valence-corrected chi connectivity index (χ0v) is 10.2. The lowest BCUT2D eigenvalue weighted by Crippen LogP contribution is -2.26. The van der Waals surface area contributed by atoms with E-state index in [9.17, 15) is 4.79 Å². The fourth-order valence-corrected chi connectivity index (χ4v) is 1.52. The Kier molecular flexibility index (Phi) is 3.74. The SMILES string of the molecule is CC(CN)C(=O)Nc1ccc(-c2ccn[nH]2)cc1. The molecule has 0 saturated heterocycles. The maximum Gasteiger partial charge on any atom is 0.228 e. The Labute approximate surface area is 105 Å². The Morgan fingerprint density at radius 1 is 1.39 bits per heavy atom. The van der Waals surface area contributed by atoms with E-state index in [1.165, 1.54) is 0 Å². The largest absolute Gasteiger partial charge is 0.330 e. The van der Waals surface area contributed by atoms with Crippen molar-refractivity contribution >= 4 is 11.6 Å². The lowest BCUT2D eigenvalue weighted by molar-refractivity contribution is -0.119. The lowest BCUT2D eigenvalue weighted by atomic mass is 10.1. The topological polar surface area (TPSA) is 83.8 Å². The first-order valence-corrected chi connectivity index (χ1v) is 5.81. The average Bonchev–Trinajstić information content (AvgIpc) is 2.92. The number of hydrogen-bond acceptors (Lipinski definition) is 3. The number of anilines is 1. The van der Waals surface area contributed by atoms with Crippen LogP contribution in [0.3, 0.4) is 0 Å². The van der Waals surface area contributed by atoms with Crippen LogP contribution in [-0.2, 0) is 4.79 Å². The van der Waals surface area contributed by atoms with E-state index in [1.807, 2.05) is 30.3 Å². The molecule has 4 N–H and O–H groups in total. The number of amides is 1. The Bertz CT molecular complexity index is 504. The number of nitrogens with one attached hydrogen (secondary N) is 2. The molecule has 1 unspecified atom stereocenters. The molecule has 0 aliphatic carbocycles. The Balaban J connectivity index is 2.06. The van der Waals surface area contributed by atoms with Crippen LogP contribution in [0.25, 0.3) is 11.3 Å². The summed E-state index contributed by atoms with van der Waals surface area (Å²) in [6.45, 7) is 2.15. The summed E-state index contributed by atoms with van der Waals surface area (Å²) in [5.74, 6) is -0.246. The predicted molar refractivity (Wildman–Crippen MR) is 70.9 cm³/mol. The molecule has 0 saturated carbocycles. The highest BCUT2D eigenvalue weighted by molar-refractivity contribution is 5.92. The Morgan fingerprint density at radius 2 is 2.11 bits per heavy atom. The number of rotatable bonds is 4. The van der Waals surface area contributed by atoms with E-state index in [1.54, 1.807) is 13.1 Å². The first-order chi connectivity index (χ1) is 8.70. The van der Waals surface area contributed by atoms with Gasteiger partial charge in [-0.15, -0.1) is 0 Å². The van der Waals surface area contributed by atoms with Gasteiger partial charge in [-0.25, -0.2) is 0 Å². The summed E-state index contributed by atoms with van der Waals surface area (Å²) < 4.78 is 0. The van der Waals surface area contributed by atoms with Crippen LogP contribution in [0.1, 0.15) is 6.92 Å². The van der Waals surface area contributed by atoms with E-state index >= 15 is 0 Å². The molecule has 1 aromatic carbocycles. The molecule has 2 aromatic rings. The van der Waals surface area contributed by atoms with E-state index in [4.69, 9.17) is 5.73 Å². The molecule has 2 rings (SSSR count). The lowest BCUT2D eigenvalue weighted by Gasteiger charge is -2.10. The summed E-state index contributed by atoms with van der Waals surface area (Å²) in [5.41, 5.74) is 8.18. The maximum atomic E-state index is 11.6. The fourth-order valence-electron chi connectivity index (χ4n) is 1.52. The second kappa shape index (κ2) is 5.46.